The average Bonchev–Trinajstić information content (AvgIpc) is 2.87. The van der Waals surface area contributed by atoms with E-state index in [9.17, 15) is 0 Å². The van der Waals surface area contributed by atoms with Crippen LogP contribution in [0.4, 0.5) is 0 Å². The minimum Gasteiger partial charge on any atom is -0.306 e. The van der Waals surface area contributed by atoms with Crippen molar-refractivity contribution in [3.63, 3.8) is 0 Å². The van der Waals surface area contributed by atoms with Crippen molar-refractivity contribution >= 4 is 13.9 Å². The molecule has 118 valence electrons. The van der Waals surface area contributed by atoms with Crippen LogP contribution in [0.1, 0.15) is 46.0 Å². The molecule has 2 unspecified atom stereocenters. The third-order valence-electron chi connectivity index (χ3n) is 5.28. The zero-order valence-corrected chi connectivity index (χ0v) is 15.2. The van der Waals surface area contributed by atoms with Gasteiger partial charge in [0.1, 0.15) is 0 Å². The molecule has 0 amide bonds. The van der Waals surface area contributed by atoms with Crippen LogP contribution in [0.5, 0.6) is 0 Å². The fourth-order valence-corrected chi connectivity index (χ4v) is 5.77. The Labute approximate surface area is 133 Å². The van der Waals surface area contributed by atoms with E-state index in [0.29, 0.717) is 6.04 Å². The smallest absolute Gasteiger partial charge is 0.00977 e. The van der Waals surface area contributed by atoms with E-state index in [-0.39, 0.29) is 0 Å². The van der Waals surface area contributed by atoms with Crippen molar-refractivity contribution < 1.29 is 0 Å². The number of rotatable bonds is 7. The summed E-state index contributed by atoms with van der Waals surface area (Å²) in [7, 11) is 5.49. The summed E-state index contributed by atoms with van der Waals surface area (Å²) < 4.78 is 0. The molecule has 0 aliphatic heterocycles. The molecule has 2 rings (SSSR count). The molecule has 2 heteroatoms. The van der Waals surface area contributed by atoms with Crippen LogP contribution in [0, 0.1) is 11.8 Å². The topological polar surface area (TPSA) is 3.24 Å². The van der Waals surface area contributed by atoms with E-state index in [1.54, 1.807) is 5.30 Å². The van der Waals surface area contributed by atoms with Gasteiger partial charge in [-0.3, -0.25) is 0 Å². The summed E-state index contributed by atoms with van der Waals surface area (Å²) in [6, 6.07) is 11.8. The fourth-order valence-electron chi connectivity index (χ4n) is 3.90. The van der Waals surface area contributed by atoms with Crippen LogP contribution in [0.2, 0.25) is 0 Å². The quantitative estimate of drug-likeness (QED) is 0.669. The Bertz CT molecular complexity index is 403. The molecule has 1 aliphatic carbocycles. The zero-order valence-electron chi connectivity index (χ0n) is 14.2. The van der Waals surface area contributed by atoms with Gasteiger partial charge < -0.3 is 4.90 Å². The van der Waals surface area contributed by atoms with Crippen LogP contribution in [0.3, 0.4) is 0 Å². The van der Waals surface area contributed by atoms with Crippen LogP contribution in [-0.2, 0) is 0 Å². The van der Waals surface area contributed by atoms with Crippen LogP contribution in [0.25, 0.3) is 0 Å². The molecule has 21 heavy (non-hydrogen) atoms. The largest absolute Gasteiger partial charge is 0.306 e. The van der Waals surface area contributed by atoms with Crippen molar-refractivity contribution in [1.29, 1.82) is 0 Å². The highest BCUT2D eigenvalue weighted by atomic mass is 31.1. The monoisotopic (exact) mass is 305 g/mol. The lowest BCUT2D eigenvalue weighted by molar-refractivity contribution is 0.185. The van der Waals surface area contributed by atoms with Gasteiger partial charge in [-0.2, -0.15) is 0 Å². The van der Waals surface area contributed by atoms with E-state index in [0.717, 1.165) is 26.1 Å². The Morgan fingerprint density at radius 1 is 1.19 bits per heavy atom. The lowest BCUT2D eigenvalue weighted by Gasteiger charge is -2.35. The van der Waals surface area contributed by atoms with E-state index in [1.165, 1.54) is 32.1 Å². The predicted molar refractivity (Wildman–Crippen MR) is 97.1 cm³/mol. The molecule has 0 saturated heterocycles. The molecular formula is C19H32NP. The fraction of sp³-hybridized carbons (Fsp3) is 0.684. The van der Waals surface area contributed by atoms with Crippen LogP contribution >= 0.6 is 8.58 Å². The minimum atomic E-state index is 0.704. The van der Waals surface area contributed by atoms with Gasteiger partial charge in [0.2, 0.25) is 0 Å². The molecule has 1 aromatic carbocycles. The maximum atomic E-state index is 2.44. The van der Waals surface area contributed by atoms with Crippen molar-refractivity contribution in [3.05, 3.63) is 30.3 Å². The van der Waals surface area contributed by atoms with Gasteiger partial charge >= 0.3 is 0 Å². The van der Waals surface area contributed by atoms with E-state index in [1.807, 2.05) is 0 Å². The van der Waals surface area contributed by atoms with E-state index in [2.05, 4.69) is 63.2 Å². The van der Waals surface area contributed by atoms with Gasteiger partial charge in [-0.05, 0) is 56.7 Å². The second-order valence-electron chi connectivity index (χ2n) is 6.88. The number of benzene rings is 1. The molecular weight excluding hydrogens is 273 g/mol. The van der Waals surface area contributed by atoms with Crippen molar-refractivity contribution in [3.8, 4) is 0 Å². The van der Waals surface area contributed by atoms with Gasteiger partial charge in [0.15, 0.2) is 0 Å². The number of hydrogen-bond donors (Lipinski definition) is 0. The van der Waals surface area contributed by atoms with Gasteiger partial charge in [0, 0.05) is 6.04 Å². The SMILES string of the molecule is CCCC[C@@H]1CC[C@H](Pc2ccccc2)C1[C@@H](C)N(C)C. The number of nitrogens with zero attached hydrogens (tertiary/aromatic N) is 1. The maximum absolute atomic E-state index is 2.44. The first-order valence-corrected chi connectivity index (χ1v) is 9.69. The molecule has 5 atom stereocenters. The summed E-state index contributed by atoms with van der Waals surface area (Å²) in [6.45, 7) is 4.76. The van der Waals surface area contributed by atoms with Crippen molar-refractivity contribution in [1.82, 2.24) is 4.90 Å². The van der Waals surface area contributed by atoms with Gasteiger partial charge in [-0.1, -0.05) is 65.1 Å². The highest BCUT2D eigenvalue weighted by Crippen LogP contribution is 2.46. The molecule has 1 nitrogen and oxygen atoms in total. The second-order valence-corrected chi connectivity index (χ2v) is 8.49. The number of unbranched alkanes of at least 4 members (excludes halogenated alkanes) is 1. The first-order chi connectivity index (χ1) is 10.1. The summed E-state index contributed by atoms with van der Waals surface area (Å²) >= 11 is 0. The first-order valence-electron chi connectivity index (χ1n) is 8.61. The average molecular weight is 305 g/mol. The summed E-state index contributed by atoms with van der Waals surface area (Å²) in [4.78, 5) is 2.44. The van der Waals surface area contributed by atoms with E-state index < -0.39 is 0 Å². The highest BCUT2D eigenvalue weighted by molar-refractivity contribution is 7.48. The molecule has 0 spiro atoms. The van der Waals surface area contributed by atoms with Crippen molar-refractivity contribution in [2.75, 3.05) is 14.1 Å². The molecule has 1 aliphatic rings. The lowest BCUT2D eigenvalue weighted by Crippen LogP contribution is -2.38. The summed E-state index contributed by atoms with van der Waals surface area (Å²) in [5, 5.41) is 1.55. The predicted octanol–water partition coefficient (Wildman–Crippen LogP) is 4.53. The lowest BCUT2D eigenvalue weighted by atomic mass is 9.85. The zero-order chi connectivity index (χ0) is 15.2. The van der Waals surface area contributed by atoms with Gasteiger partial charge in [0.05, 0.1) is 0 Å². The third kappa shape index (κ3) is 4.54. The Morgan fingerprint density at radius 3 is 2.52 bits per heavy atom. The normalized spacial score (nSPS) is 27.8. The highest BCUT2D eigenvalue weighted by Gasteiger charge is 2.39. The van der Waals surface area contributed by atoms with Crippen LogP contribution in [0.15, 0.2) is 30.3 Å². The molecule has 0 radical (unpaired) electrons. The van der Waals surface area contributed by atoms with E-state index in [4.69, 9.17) is 0 Å². The Morgan fingerprint density at radius 2 is 1.90 bits per heavy atom. The van der Waals surface area contributed by atoms with Gasteiger partial charge in [-0.15, -0.1) is 0 Å². The van der Waals surface area contributed by atoms with Crippen molar-refractivity contribution in [2.24, 2.45) is 11.8 Å². The summed E-state index contributed by atoms with van der Waals surface area (Å²) in [5.74, 6) is 1.83. The Hall–Kier alpha value is -0.390. The van der Waals surface area contributed by atoms with Gasteiger partial charge in [-0.25, -0.2) is 0 Å². The standard InChI is InChI=1S/C19H32NP/c1-5-6-10-16-13-14-18(19(16)15(2)20(3)4)21-17-11-8-7-9-12-17/h7-9,11-12,15-16,18-19,21H,5-6,10,13-14H2,1-4H3/t15-,16-,18+,19?/m1/s1. The molecule has 0 bridgehead atoms. The Balaban J connectivity index is 2.08. The number of hydrogen-bond acceptors (Lipinski definition) is 1. The van der Waals surface area contributed by atoms with Crippen molar-refractivity contribution in [2.45, 2.75) is 57.7 Å². The molecule has 1 fully saturated rings. The second kappa shape index (κ2) is 8.30. The molecule has 0 heterocycles. The molecule has 0 aromatic heterocycles. The Kier molecular flexibility index (Phi) is 6.71. The molecule has 1 saturated carbocycles. The molecule has 1 aromatic rings. The van der Waals surface area contributed by atoms with Gasteiger partial charge in [0.25, 0.3) is 0 Å². The molecule has 0 N–H and O–H groups in total. The minimum absolute atomic E-state index is 0.704. The summed E-state index contributed by atoms with van der Waals surface area (Å²) in [6.07, 6.45) is 7.07. The van der Waals surface area contributed by atoms with E-state index >= 15 is 0 Å². The maximum Gasteiger partial charge on any atom is 0.00977 e. The van der Waals surface area contributed by atoms with Crippen LogP contribution in [-0.4, -0.2) is 30.7 Å². The van der Waals surface area contributed by atoms with Crippen LogP contribution < -0.4 is 5.30 Å². The summed E-state index contributed by atoms with van der Waals surface area (Å²) in [5.41, 5.74) is 0.895. The first kappa shape index (κ1) is 17.0. The third-order valence-corrected chi connectivity index (χ3v) is 6.99.